The molecule has 0 radical (unpaired) electrons. The van der Waals surface area contributed by atoms with E-state index >= 15 is 0 Å². The Hall–Kier alpha value is -1.77. The van der Waals surface area contributed by atoms with Crippen molar-refractivity contribution in [2.45, 2.75) is 18.6 Å². The average molecular weight is 265 g/mol. The van der Waals surface area contributed by atoms with Crippen LogP contribution in [-0.4, -0.2) is 34.7 Å². The van der Waals surface area contributed by atoms with Crippen molar-refractivity contribution in [3.05, 3.63) is 23.8 Å². The molecule has 1 unspecified atom stereocenters. The summed E-state index contributed by atoms with van der Waals surface area (Å²) >= 11 is 0. The SMILES string of the molecule is COc1cccc(C(CC#N)C(OC)OC)c1OC. The molecule has 19 heavy (non-hydrogen) atoms. The molecule has 1 aromatic carbocycles. The zero-order chi connectivity index (χ0) is 14.3. The summed E-state index contributed by atoms with van der Waals surface area (Å²) in [6.07, 6.45) is -0.253. The molecule has 0 N–H and O–H groups in total. The number of rotatable bonds is 7. The molecule has 0 bridgehead atoms. The lowest BCUT2D eigenvalue weighted by Crippen LogP contribution is -2.23. The van der Waals surface area contributed by atoms with Crippen molar-refractivity contribution in [3.8, 4) is 17.6 Å². The average Bonchev–Trinajstić information content (AvgIpc) is 2.46. The van der Waals surface area contributed by atoms with Gasteiger partial charge in [0.1, 0.15) is 0 Å². The minimum absolute atomic E-state index is 0.245. The van der Waals surface area contributed by atoms with E-state index in [9.17, 15) is 0 Å². The van der Waals surface area contributed by atoms with E-state index < -0.39 is 6.29 Å². The van der Waals surface area contributed by atoms with Gasteiger partial charge in [-0.2, -0.15) is 5.26 Å². The third-order valence-corrected chi connectivity index (χ3v) is 2.94. The van der Waals surface area contributed by atoms with E-state index in [1.165, 1.54) is 0 Å². The largest absolute Gasteiger partial charge is 0.493 e. The first-order chi connectivity index (χ1) is 9.23. The van der Waals surface area contributed by atoms with E-state index in [1.807, 2.05) is 12.1 Å². The maximum atomic E-state index is 8.99. The predicted molar refractivity (Wildman–Crippen MR) is 70.3 cm³/mol. The van der Waals surface area contributed by atoms with Gasteiger partial charge < -0.3 is 18.9 Å². The van der Waals surface area contributed by atoms with Crippen molar-refractivity contribution in [2.75, 3.05) is 28.4 Å². The second-order valence-electron chi connectivity index (χ2n) is 3.89. The van der Waals surface area contributed by atoms with Gasteiger partial charge in [0.25, 0.3) is 0 Å². The lowest BCUT2D eigenvalue weighted by Gasteiger charge is -2.25. The maximum Gasteiger partial charge on any atom is 0.164 e. The van der Waals surface area contributed by atoms with Gasteiger partial charge in [0.15, 0.2) is 17.8 Å². The van der Waals surface area contributed by atoms with Crippen LogP contribution in [0.2, 0.25) is 0 Å². The molecule has 1 rings (SSSR count). The van der Waals surface area contributed by atoms with Crippen molar-refractivity contribution in [2.24, 2.45) is 0 Å². The fourth-order valence-electron chi connectivity index (χ4n) is 2.08. The molecule has 0 saturated heterocycles. The molecule has 104 valence electrons. The summed E-state index contributed by atoms with van der Waals surface area (Å²) in [4.78, 5) is 0. The van der Waals surface area contributed by atoms with Gasteiger partial charge in [-0.05, 0) is 6.07 Å². The number of hydrogen-bond donors (Lipinski definition) is 0. The Morgan fingerprint density at radius 3 is 2.26 bits per heavy atom. The lowest BCUT2D eigenvalue weighted by molar-refractivity contribution is -0.117. The van der Waals surface area contributed by atoms with Gasteiger partial charge in [0.2, 0.25) is 0 Å². The molecule has 0 aliphatic carbocycles. The van der Waals surface area contributed by atoms with Gasteiger partial charge in [-0.1, -0.05) is 12.1 Å². The van der Waals surface area contributed by atoms with Crippen molar-refractivity contribution in [3.63, 3.8) is 0 Å². The third-order valence-electron chi connectivity index (χ3n) is 2.94. The highest BCUT2D eigenvalue weighted by Gasteiger charge is 2.27. The van der Waals surface area contributed by atoms with Crippen LogP contribution in [0.1, 0.15) is 17.9 Å². The molecule has 0 fully saturated rings. The zero-order valence-electron chi connectivity index (χ0n) is 11.7. The van der Waals surface area contributed by atoms with Crippen molar-refractivity contribution in [1.82, 2.24) is 0 Å². The molecule has 0 aliphatic rings. The molecular formula is C14H19NO4. The van der Waals surface area contributed by atoms with Crippen molar-refractivity contribution >= 4 is 0 Å². The first kappa shape index (κ1) is 15.3. The summed E-state index contributed by atoms with van der Waals surface area (Å²) < 4.78 is 21.2. The van der Waals surface area contributed by atoms with Gasteiger partial charge in [0.05, 0.1) is 26.2 Å². The molecule has 5 nitrogen and oxygen atoms in total. The summed E-state index contributed by atoms with van der Waals surface area (Å²) in [5.74, 6) is 0.975. The minimum atomic E-state index is -0.513. The van der Waals surface area contributed by atoms with E-state index in [1.54, 1.807) is 34.5 Å². The smallest absolute Gasteiger partial charge is 0.164 e. The van der Waals surface area contributed by atoms with E-state index in [2.05, 4.69) is 6.07 Å². The summed E-state index contributed by atoms with van der Waals surface area (Å²) in [5, 5.41) is 8.99. The lowest BCUT2D eigenvalue weighted by atomic mass is 9.94. The Morgan fingerprint density at radius 1 is 1.11 bits per heavy atom. The normalized spacial score (nSPS) is 12.0. The van der Waals surface area contributed by atoms with Crippen LogP contribution >= 0.6 is 0 Å². The number of benzene rings is 1. The van der Waals surface area contributed by atoms with E-state index in [-0.39, 0.29) is 12.3 Å². The highest BCUT2D eigenvalue weighted by Crippen LogP contribution is 2.38. The Morgan fingerprint density at radius 2 is 1.79 bits per heavy atom. The van der Waals surface area contributed by atoms with Gasteiger partial charge in [-0.25, -0.2) is 0 Å². The second kappa shape index (κ2) is 7.62. The van der Waals surface area contributed by atoms with Gasteiger partial charge in [0, 0.05) is 26.2 Å². The van der Waals surface area contributed by atoms with Crippen LogP contribution in [0.25, 0.3) is 0 Å². The van der Waals surface area contributed by atoms with E-state index in [0.717, 1.165) is 5.56 Å². The van der Waals surface area contributed by atoms with Crippen LogP contribution < -0.4 is 9.47 Å². The fourth-order valence-corrected chi connectivity index (χ4v) is 2.08. The number of para-hydroxylation sites is 1. The van der Waals surface area contributed by atoms with Gasteiger partial charge >= 0.3 is 0 Å². The standard InChI is InChI=1S/C14H19NO4/c1-16-12-7-5-6-10(13(12)17-2)11(8-9-15)14(18-3)19-4/h5-7,11,14H,8H2,1-4H3. The number of methoxy groups -OCH3 is 4. The summed E-state index contributed by atoms with van der Waals surface area (Å²) in [5.41, 5.74) is 0.831. The minimum Gasteiger partial charge on any atom is -0.493 e. The fraction of sp³-hybridized carbons (Fsp3) is 0.500. The highest BCUT2D eigenvalue weighted by molar-refractivity contribution is 5.48. The molecule has 0 aliphatic heterocycles. The van der Waals surface area contributed by atoms with Crippen molar-refractivity contribution < 1.29 is 18.9 Å². The molecular weight excluding hydrogens is 246 g/mol. The highest BCUT2D eigenvalue weighted by atomic mass is 16.7. The van der Waals surface area contributed by atoms with Crippen LogP contribution in [0, 0.1) is 11.3 Å². The van der Waals surface area contributed by atoms with E-state index in [4.69, 9.17) is 24.2 Å². The molecule has 0 amide bonds. The van der Waals surface area contributed by atoms with Crippen LogP contribution in [0.4, 0.5) is 0 Å². The summed E-state index contributed by atoms with van der Waals surface area (Å²) in [6.45, 7) is 0. The zero-order valence-corrected chi connectivity index (χ0v) is 11.7. The number of hydrogen-bond acceptors (Lipinski definition) is 5. The monoisotopic (exact) mass is 265 g/mol. The predicted octanol–water partition coefficient (Wildman–Crippen LogP) is 2.32. The van der Waals surface area contributed by atoms with Gasteiger partial charge in [-0.15, -0.1) is 0 Å². The van der Waals surface area contributed by atoms with E-state index in [0.29, 0.717) is 11.5 Å². The first-order valence-electron chi connectivity index (χ1n) is 5.86. The number of ether oxygens (including phenoxy) is 4. The summed E-state index contributed by atoms with van der Waals surface area (Å²) in [7, 11) is 6.24. The van der Waals surface area contributed by atoms with Gasteiger partial charge in [-0.3, -0.25) is 0 Å². The van der Waals surface area contributed by atoms with Crippen LogP contribution in [0.3, 0.4) is 0 Å². The number of nitriles is 1. The van der Waals surface area contributed by atoms with Crippen LogP contribution in [-0.2, 0) is 9.47 Å². The Bertz CT molecular complexity index is 438. The van der Waals surface area contributed by atoms with Crippen LogP contribution in [0.5, 0.6) is 11.5 Å². The second-order valence-corrected chi connectivity index (χ2v) is 3.89. The Kier molecular flexibility index (Phi) is 6.13. The molecule has 0 heterocycles. The molecule has 0 saturated carbocycles. The topological polar surface area (TPSA) is 60.7 Å². The Balaban J connectivity index is 3.26. The maximum absolute atomic E-state index is 8.99. The quantitative estimate of drug-likeness (QED) is 0.708. The van der Waals surface area contributed by atoms with Crippen LogP contribution in [0.15, 0.2) is 18.2 Å². The Labute approximate surface area is 113 Å². The summed E-state index contributed by atoms with van der Waals surface area (Å²) in [6, 6.07) is 7.69. The molecule has 1 atom stereocenters. The molecule has 1 aromatic rings. The number of nitrogens with zero attached hydrogens (tertiary/aromatic N) is 1. The molecule has 0 spiro atoms. The first-order valence-corrected chi connectivity index (χ1v) is 5.86. The third kappa shape index (κ3) is 3.37. The van der Waals surface area contributed by atoms with Crippen molar-refractivity contribution in [1.29, 1.82) is 5.26 Å². The molecule has 0 aromatic heterocycles. The molecule has 5 heteroatoms.